The Kier molecular flexibility index (Phi) is 3.87. The number of hydrogen-bond donors (Lipinski definition) is 1. The summed E-state index contributed by atoms with van der Waals surface area (Å²) >= 11 is 0. The molecule has 0 radical (unpaired) electrons. The monoisotopic (exact) mass is 324 g/mol. The first-order valence-corrected chi connectivity index (χ1v) is 8.88. The van der Waals surface area contributed by atoms with E-state index >= 15 is 0 Å². The van der Waals surface area contributed by atoms with Crippen molar-refractivity contribution in [2.75, 3.05) is 5.32 Å². The molecule has 2 heterocycles. The first-order valence-electron chi connectivity index (χ1n) is 8.88. The number of carbonyl (C=O) groups excluding carboxylic acids is 1. The first-order chi connectivity index (χ1) is 11.6. The van der Waals surface area contributed by atoms with E-state index in [1.54, 1.807) is 6.20 Å². The normalized spacial score (nSPS) is 25.2. The Labute approximate surface area is 142 Å². The molecule has 2 aromatic heterocycles. The number of nitrogens with one attached hydrogen (secondary N) is 1. The second-order valence-electron chi connectivity index (χ2n) is 7.43. The molecule has 2 fully saturated rings. The van der Waals surface area contributed by atoms with E-state index in [0.717, 1.165) is 34.7 Å². The highest BCUT2D eigenvalue weighted by Gasteiger charge is 2.40. The van der Waals surface area contributed by atoms with Crippen molar-refractivity contribution in [2.24, 2.45) is 17.8 Å². The van der Waals surface area contributed by atoms with Crippen LogP contribution >= 0.6 is 0 Å². The Morgan fingerprint density at radius 1 is 1.29 bits per heavy atom. The van der Waals surface area contributed by atoms with Crippen LogP contribution in [-0.2, 0) is 4.79 Å². The fraction of sp³-hybridized carbons (Fsp3) is 0.526. The standard InChI is InChI=1S/C19H24N4O/c1-12-7-13(2)23(22-12)18-6-5-17(11-20-18)21-19(24)10-16-9-14-3-4-15(16)8-14/h5-7,11,14-16H,3-4,8-10H2,1-2H3,(H,21,24). The van der Waals surface area contributed by atoms with Crippen molar-refractivity contribution in [3.63, 3.8) is 0 Å². The van der Waals surface area contributed by atoms with Crippen molar-refractivity contribution in [2.45, 2.75) is 46.0 Å². The van der Waals surface area contributed by atoms with Crippen LogP contribution in [0.4, 0.5) is 5.69 Å². The maximum Gasteiger partial charge on any atom is 0.224 e. The van der Waals surface area contributed by atoms with Crippen molar-refractivity contribution in [1.29, 1.82) is 0 Å². The van der Waals surface area contributed by atoms with E-state index in [4.69, 9.17) is 0 Å². The number of pyridine rings is 1. The quantitative estimate of drug-likeness (QED) is 0.934. The molecule has 2 bridgehead atoms. The van der Waals surface area contributed by atoms with Gasteiger partial charge in [0.1, 0.15) is 0 Å². The molecule has 5 nitrogen and oxygen atoms in total. The minimum absolute atomic E-state index is 0.119. The summed E-state index contributed by atoms with van der Waals surface area (Å²) in [7, 11) is 0. The van der Waals surface area contributed by atoms with Gasteiger partial charge >= 0.3 is 0 Å². The van der Waals surface area contributed by atoms with Crippen LogP contribution in [0.5, 0.6) is 0 Å². The molecule has 126 valence electrons. The zero-order valence-corrected chi connectivity index (χ0v) is 14.3. The van der Waals surface area contributed by atoms with Crippen LogP contribution in [0.2, 0.25) is 0 Å². The second-order valence-corrected chi connectivity index (χ2v) is 7.43. The lowest BCUT2D eigenvalue weighted by atomic mass is 9.86. The molecule has 0 spiro atoms. The van der Waals surface area contributed by atoms with Gasteiger partial charge < -0.3 is 5.32 Å². The highest BCUT2D eigenvalue weighted by molar-refractivity contribution is 5.90. The number of anilines is 1. The molecule has 2 aliphatic rings. The zero-order chi connectivity index (χ0) is 16.7. The fourth-order valence-corrected chi connectivity index (χ4v) is 4.52. The fourth-order valence-electron chi connectivity index (χ4n) is 4.52. The van der Waals surface area contributed by atoms with Crippen LogP contribution in [0.25, 0.3) is 5.82 Å². The molecule has 3 unspecified atom stereocenters. The summed E-state index contributed by atoms with van der Waals surface area (Å²) < 4.78 is 1.82. The molecule has 2 aliphatic carbocycles. The number of aryl methyl sites for hydroxylation is 2. The van der Waals surface area contributed by atoms with Crippen LogP contribution in [0, 0.1) is 31.6 Å². The molecule has 0 aliphatic heterocycles. The highest BCUT2D eigenvalue weighted by atomic mass is 16.1. The summed E-state index contributed by atoms with van der Waals surface area (Å²) in [6, 6.07) is 5.82. The van der Waals surface area contributed by atoms with Crippen molar-refractivity contribution < 1.29 is 4.79 Å². The average Bonchev–Trinajstić information content (AvgIpc) is 3.24. The summed E-state index contributed by atoms with van der Waals surface area (Å²) in [6.45, 7) is 3.97. The lowest BCUT2D eigenvalue weighted by Gasteiger charge is -2.20. The maximum absolute atomic E-state index is 12.3. The van der Waals surface area contributed by atoms with Crippen molar-refractivity contribution >= 4 is 11.6 Å². The van der Waals surface area contributed by atoms with E-state index in [2.05, 4.69) is 15.4 Å². The van der Waals surface area contributed by atoms with Gasteiger partial charge in [0.05, 0.1) is 17.6 Å². The molecule has 0 aromatic carbocycles. The second kappa shape index (κ2) is 6.04. The summed E-state index contributed by atoms with van der Waals surface area (Å²) in [4.78, 5) is 16.7. The van der Waals surface area contributed by atoms with Crippen molar-refractivity contribution in [3.8, 4) is 5.82 Å². The van der Waals surface area contributed by atoms with Crippen LogP contribution < -0.4 is 5.32 Å². The third-order valence-corrected chi connectivity index (χ3v) is 5.59. The number of carbonyl (C=O) groups is 1. The Bertz CT molecular complexity index is 749. The number of rotatable bonds is 4. The van der Waals surface area contributed by atoms with Gasteiger partial charge in [-0.2, -0.15) is 5.10 Å². The van der Waals surface area contributed by atoms with Crippen LogP contribution in [0.1, 0.15) is 43.5 Å². The number of nitrogens with zero attached hydrogens (tertiary/aromatic N) is 3. The average molecular weight is 324 g/mol. The third-order valence-electron chi connectivity index (χ3n) is 5.59. The number of aromatic nitrogens is 3. The molecule has 2 aromatic rings. The topological polar surface area (TPSA) is 59.8 Å². The van der Waals surface area contributed by atoms with Gasteiger partial charge in [-0.3, -0.25) is 4.79 Å². The minimum Gasteiger partial charge on any atom is -0.325 e. The van der Waals surface area contributed by atoms with Crippen molar-refractivity contribution in [1.82, 2.24) is 14.8 Å². The molecule has 24 heavy (non-hydrogen) atoms. The number of fused-ring (bicyclic) bond motifs is 2. The zero-order valence-electron chi connectivity index (χ0n) is 14.3. The number of hydrogen-bond acceptors (Lipinski definition) is 3. The van der Waals surface area contributed by atoms with Crippen LogP contribution in [-0.4, -0.2) is 20.7 Å². The SMILES string of the molecule is Cc1cc(C)n(-c2ccc(NC(=O)CC3CC4CCC3C4)cn2)n1. The Balaban J connectivity index is 1.38. The van der Waals surface area contributed by atoms with E-state index in [9.17, 15) is 4.79 Å². The predicted molar refractivity (Wildman–Crippen MR) is 93.0 cm³/mol. The maximum atomic E-state index is 12.3. The summed E-state index contributed by atoms with van der Waals surface area (Å²) in [6.07, 6.45) is 7.65. The van der Waals surface area contributed by atoms with Gasteiger partial charge in [0.2, 0.25) is 5.91 Å². The smallest absolute Gasteiger partial charge is 0.224 e. The molecule has 4 rings (SSSR count). The predicted octanol–water partition coefficient (Wildman–Crippen LogP) is 3.65. The largest absolute Gasteiger partial charge is 0.325 e. The highest BCUT2D eigenvalue weighted by Crippen LogP contribution is 2.49. The minimum atomic E-state index is 0.119. The lowest BCUT2D eigenvalue weighted by Crippen LogP contribution is -2.20. The van der Waals surface area contributed by atoms with Gasteiger partial charge in [-0.1, -0.05) is 6.42 Å². The van der Waals surface area contributed by atoms with E-state index in [1.165, 1.54) is 25.7 Å². The molecule has 0 saturated heterocycles. The van der Waals surface area contributed by atoms with Gasteiger partial charge in [-0.15, -0.1) is 0 Å². The van der Waals surface area contributed by atoms with E-state index in [0.29, 0.717) is 12.3 Å². The molecule has 1 amide bonds. The Morgan fingerprint density at radius 3 is 2.75 bits per heavy atom. The summed E-state index contributed by atoms with van der Waals surface area (Å²) in [5.74, 6) is 3.15. The molecular formula is C19H24N4O. The summed E-state index contributed by atoms with van der Waals surface area (Å²) in [5, 5.41) is 7.42. The molecule has 2 saturated carbocycles. The molecule has 1 N–H and O–H groups in total. The van der Waals surface area contributed by atoms with E-state index < -0.39 is 0 Å². The van der Waals surface area contributed by atoms with Gasteiger partial charge in [0.25, 0.3) is 0 Å². The number of amides is 1. The van der Waals surface area contributed by atoms with Gasteiger partial charge in [0.15, 0.2) is 5.82 Å². The molecule has 5 heteroatoms. The van der Waals surface area contributed by atoms with Gasteiger partial charge in [0, 0.05) is 12.1 Å². The third kappa shape index (κ3) is 2.95. The van der Waals surface area contributed by atoms with Gasteiger partial charge in [-0.25, -0.2) is 9.67 Å². The van der Waals surface area contributed by atoms with E-state index in [1.807, 2.05) is 36.7 Å². The van der Waals surface area contributed by atoms with Gasteiger partial charge in [-0.05, 0) is 69.1 Å². The Morgan fingerprint density at radius 2 is 2.17 bits per heavy atom. The summed E-state index contributed by atoms with van der Waals surface area (Å²) in [5.41, 5.74) is 2.78. The lowest BCUT2D eigenvalue weighted by molar-refractivity contribution is -0.117. The van der Waals surface area contributed by atoms with E-state index in [-0.39, 0.29) is 5.91 Å². The van der Waals surface area contributed by atoms with Crippen LogP contribution in [0.15, 0.2) is 24.4 Å². The Hall–Kier alpha value is -2.17. The molecule has 3 atom stereocenters. The van der Waals surface area contributed by atoms with Crippen molar-refractivity contribution in [3.05, 3.63) is 35.8 Å². The van der Waals surface area contributed by atoms with Crippen LogP contribution in [0.3, 0.4) is 0 Å². The molecular weight excluding hydrogens is 300 g/mol. The first kappa shape index (κ1) is 15.4.